The van der Waals surface area contributed by atoms with Gasteiger partial charge in [-0.15, -0.1) is 0 Å². The number of halogens is 2. The fraction of sp³-hybridized carbons (Fsp3) is 0.909. The summed E-state index contributed by atoms with van der Waals surface area (Å²) in [5.74, 6) is -0.915. The number of alkyl halides is 1. The van der Waals surface area contributed by atoms with Crippen molar-refractivity contribution in [1.82, 2.24) is 0 Å². The van der Waals surface area contributed by atoms with E-state index in [1.165, 1.54) is 38.5 Å². The molecule has 0 aliphatic heterocycles. The number of carboxylic acids is 1. The largest absolute Gasteiger partial charge is 2.00 e. The number of aliphatic carboxylic acids is 1. The number of hydrogen-bond acceptors (Lipinski definition) is 2. The van der Waals surface area contributed by atoms with Crippen LogP contribution in [0.5, 0.6) is 0 Å². The van der Waals surface area contributed by atoms with Gasteiger partial charge in [0.2, 0.25) is 0 Å². The second kappa shape index (κ2) is 18.4. The molecule has 5 heteroatoms. The van der Waals surface area contributed by atoms with Crippen LogP contribution in [0.25, 0.3) is 0 Å². The molecule has 0 bridgehead atoms. The minimum atomic E-state index is -0.915. The van der Waals surface area contributed by atoms with Crippen molar-refractivity contribution in [3.05, 3.63) is 0 Å². The molecular formula is C11H20BrClMgO2. The Bertz CT molecular complexity index is 148. The third-order valence-electron chi connectivity index (χ3n) is 2.26. The Morgan fingerprint density at radius 1 is 0.875 bits per heavy atom. The zero-order valence-corrected chi connectivity index (χ0v) is 13.6. The molecule has 0 atom stereocenters. The molecule has 16 heavy (non-hydrogen) atoms. The monoisotopic (exact) mass is 322 g/mol. The molecule has 2 nitrogen and oxygen atoms in total. The SMILES string of the molecule is O=C([O-])CCCCCCCCCCBr.[Cl-].[Mg+2]. The molecule has 0 aromatic heterocycles. The average Bonchev–Trinajstić information content (AvgIpc) is 2.15. The van der Waals surface area contributed by atoms with Crippen molar-refractivity contribution < 1.29 is 22.3 Å². The van der Waals surface area contributed by atoms with Gasteiger partial charge in [-0.3, -0.25) is 0 Å². The summed E-state index contributed by atoms with van der Waals surface area (Å²) in [6, 6.07) is 0. The van der Waals surface area contributed by atoms with Gasteiger partial charge in [-0.2, -0.15) is 0 Å². The summed E-state index contributed by atoms with van der Waals surface area (Å²) in [4.78, 5) is 10.1. The van der Waals surface area contributed by atoms with Crippen LogP contribution in [0, 0.1) is 0 Å². The number of rotatable bonds is 10. The van der Waals surface area contributed by atoms with Gasteiger partial charge >= 0.3 is 23.1 Å². The first-order valence-corrected chi connectivity index (χ1v) is 6.65. The van der Waals surface area contributed by atoms with Crippen molar-refractivity contribution in [2.75, 3.05) is 5.33 Å². The van der Waals surface area contributed by atoms with Crippen LogP contribution in [-0.2, 0) is 4.79 Å². The number of hydrogen-bond donors (Lipinski definition) is 0. The third kappa shape index (κ3) is 20.4. The second-order valence-corrected chi connectivity index (χ2v) is 4.43. The first-order chi connectivity index (χ1) is 6.77. The molecule has 0 N–H and O–H groups in total. The summed E-state index contributed by atoms with van der Waals surface area (Å²) < 4.78 is 0. The second-order valence-electron chi connectivity index (χ2n) is 3.64. The van der Waals surface area contributed by atoms with Crippen LogP contribution in [0.1, 0.15) is 57.8 Å². The third-order valence-corrected chi connectivity index (χ3v) is 2.83. The van der Waals surface area contributed by atoms with E-state index < -0.39 is 5.97 Å². The van der Waals surface area contributed by atoms with Crippen LogP contribution in [-0.4, -0.2) is 34.4 Å². The van der Waals surface area contributed by atoms with Gasteiger partial charge in [-0.25, -0.2) is 0 Å². The summed E-state index contributed by atoms with van der Waals surface area (Å²) in [5, 5.41) is 11.2. The molecule has 0 aromatic rings. The van der Waals surface area contributed by atoms with E-state index in [1.807, 2.05) is 0 Å². The molecule has 0 saturated heterocycles. The first-order valence-electron chi connectivity index (χ1n) is 5.53. The van der Waals surface area contributed by atoms with Gasteiger partial charge < -0.3 is 22.3 Å². The van der Waals surface area contributed by atoms with Crippen molar-refractivity contribution in [3.63, 3.8) is 0 Å². The molecule has 0 spiro atoms. The topological polar surface area (TPSA) is 40.1 Å². The zero-order valence-electron chi connectivity index (χ0n) is 9.85. The van der Waals surface area contributed by atoms with Crippen LogP contribution in [0.2, 0.25) is 0 Å². The van der Waals surface area contributed by atoms with Gasteiger partial charge in [0.05, 0.1) is 0 Å². The van der Waals surface area contributed by atoms with Crippen LogP contribution in [0.15, 0.2) is 0 Å². The maximum Gasteiger partial charge on any atom is 2.00 e. The van der Waals surface area contributed by atoms with Crippen molar-refractivity contribution in [2.24, 2.45) is 0 Å². The normalized spacial score (nSPS) is 9.06. The zero-order chi connectivity index (χ0) is 10.6. The van der Waals surface area contributed by atoms with Gasteiger partial charge in [0.1, 0.15) is 0 Å². The van der Waals surface area contributed by atoms with Gasteiger partial charge in [0.25, 0.3) is 0 Å². The van der Waals surface area contributed by atoms with Gasteiger partial charge in [-0.1, -0.05) is 54.5 Å². The van der Waals surface area contributed by atoms with E-state index >= 15 is 0 Å². The van der Waals surface area contributed by atoms with E-state index in [9.17, 15) is 9.90 Å². The van der Waals surface area contributed by atoms with Crippen molar-refractivity contribution in [3.8, 4) is 0 Å². The van der Waals surface area contributed by atoms with E-state index in [4.69, 9.17) is 0 Å². The molecule has 0 fully saturated rings. The Morgan fingerprint density at radius 3 is 1.62 bits per heavy atom. The summed E-state index contributed by atoms with van der Waals surface area (Å²) >= 11 is 3.40. The quantitative estimate of drug-likeness (QED) is 0.302. The fourth-order valence-electron chi connectivity index (χ4n) is 1.42. The Balaban J connectivity index is -0.000000845. The average molecular weight is 324 g/mol. The maximum absolute atomic E-state index is 10.1. The minimum Gasteiger partial charge on any atom is -1.00 e. The smallest absolute Gasteiger partial charge is 1.00 e. The summed E-state index contributed by atoms with van der Waals surface area (Å²) in [6.45, 7) is 0. The molecular weight excluding hydrogens is 304 g/mol. The Morgan fingerprint density at radius 2 is 1.25 bits per heavy atom. The molecule has 0 aliphatic rings. The summed E-state index contributed by atoms with van der Waals surface area (Å²) in [7, 11) is 0. The molecule has 92 valence electrons. The van der Waals surface area contributed by atoms with Crippen molar-refractivity contribution in [2.45, 2.75) is 57.8 Å². The molecule has 0 amide bonds. The standard InChI is InChI=1S/C11H21BrO2.ClH.Mg/c12-10-8-6-4-2-1-3-5-7-9-11(13)14;;/h1-10H2,(H,13,14);1H;/q;;+2/p-2. The number of carbonyl (C=O) groups is 1. The van der Waals surface area contributed by atoms with Crippen LogP contribution in [0.3, 0.4) is 0 Å². The molecule has 0 radical (unpaired) electrons. The van der Waals surface area contributed by atoms with E-state index in [2.05, 4.69) is 15.9 Å². The minimum absolute atomic E-state index is 0. The Kier molecular flexibility index (Phi) is 25.5. The van der Waals surface area contributed by atoms with Gasteiger partial charge in [0.15, 0.2) is 0 Å². The van der Waals surface area contributed by atoms with E-state index in [0.717, 1.165) is 18.2 Å². The van der Waals surface area contributed by atoms with Crippen LogP contribution in [0.4, 0.5) is 0 Å². The summed E-state index contributed by atoms with van der Waals surface area (Å²) in [6.07, 6.45) is 9.63. The molecule has 0 saturated carbocycles. The molecule has 0 rings (SSSR count). The molecule has 0 heterocycles. The molecule has 0 unspecified atom stereocenters. The maximum atomic E-state index is 10.1. The molecule has 0 aliphatic carbocycles. The number of carbonyl (C=O) groups excluding carboxylic acids is 1. The molecule has 0 aromatic carbocycles. The predicted octanol–water partition coefficient (Wildman–Crippen LogP) is -0.735. The number of unbranched alkanes of at least 4 members (excludes halogenated alkanes) is 7. The van der Waals surface area contributed by atoms with Gasteiger partial charge in [0, 0.05) is 11.3 Å². The van der Waals surface area contributed by atoms with E-state index in [-0.39, 0.29) is 41.9 Å². The first kappa shape index (κ1) is 22.2. The van der Waals surface area contributed by atoms with E-state index in [0.29, 0.717) is 0 Å². The van der Waals surface area contributed by atoms with Crippen LogP contribution < -0.4 is 17.5 Å². The van der Waals surface area contributed by atoms with E-state index in [1.54, 1.807) is 0 Å². The van der Waals surface area contributed by atoms with Crippen molar-refractivity contribution in [1.29, 1.82) is 0 Å². The van der Waals surface area contributed by atoms with Gasteiger partial charge in [-0.05, 0) is 19.3 Å². The predicted molar refractivity (Wildman–Crippen MR) is 66.1 cm³/mol. The Labute approximate surface area is 130 Å². The van der Waals surface area contributed by atoms with Crippen molar-refractivity contribution >= 4 is 45.0 Å². The van der Waals surface area contributed by atoms with Crippen LogP contribution >= 0.6 is 15.9 Å². The fourth-order valence-corrected chi connectivity index (χ4v) is 1.82. The summed E-state index contributed by atoms with van der Waals surface area (Å²) in [5.41, 5.74) is 0. The number of carboxylic acid groups (broad SMARTS) is 1. The Hall–Kier alpha value is 1.01.